The Morgan fingerprint density at radius 2 is 1.68 bits per heavy atom. The first-order valence-corrected chi connectivity index (χ1v) is 7.24. The molecule has 0 aliphatic heterocycles. The van der Waals surface area contributed by atoms with Gasteiger partial charge in [0, 0.05) is 10.0 Å². The number of ketones is 1. The van der Waals surface area contributed by atoms with E-state index < -0.39 is 0 Å². The van der Waals surface area contributed by atoms with Crippen LogP contribution in [0.15, 0.2) is 46.9 Å². The second-order valence-corrected chi connectivity index (χ2v) is 5.29. The molecule has 0 aliphatic carbocycles. The van der Waals surface area contributed by atoms with E-state index in [4.69, 9.17) is 9.47 Å². The molecular weight excluding hydrogens is 351 g/mol. The Kier molecular flexibility index (Phi) is 5.33. The van der Waals surface area contributed by atoms with Gasteiger partial charge in [-0.15, -0.1) is 0 Å². The van der Waals surface area contributed by atoms with Crippen LogP contribution >= 0.6 is 15.9 Å². The van der Waals surface area contributed by atoms with Crippen molar-refractivity contribution in [1.82, 2.24) is 0 Å². The number of benzene rings is 2. The summed E-state index contributed by atoms with van der Waals surface area (Å²) in [6.07, 6.45) is 3.06. The fourth-order valence-electron chi connectivity index (χ4n) is 1.88. The van der Waals surface area contributed by atoms with E-state index in [1.807, 2.05) is 0 Å². The summed E-state index contributed by atoms with van der Waals surface area (Å²) in [5.41, 5.74) is 1.20. The quantitative estimate of drug-likeness (QED) is 0.578. The lowest BCUT2D eigenvalue weighted by atomic mass is 10.1. The van der Waals surface area contributed by atoms with Crippen LogP contribution in [0.2, 0.25) is 0 Å². The smallest absolute Gasteiger partial charge is 0.187 e. The van der Waals surface area contributed by atoms with Gasteiger partial charge in [-0.2, -0.15) is 0 Å². The number of ether oxygens (including phenoxy) is 2. The van der Waals surface area contributed by atoms with E-state index >= 15 is 0 Å². The van der Waals surface area contributed by atoms with Crippen LogP contribution in [0, 0.1) is 5.82 Å². The molecule has 0 fully saturated rings. The molecule has 0 heterocycles. The van der Waals surface area contributed by atoms with E-state index in [9.17, 15) is 9.18 Å². The summed E-state index contributed by atoms with van der Waals surface area (Å²) < 4.78 is 23.8. The average Bonchev–Trinajstić information content (AvgIpc) is 2.53. The van der Waals surface area contributed by atoms with Crippen molar-refractivity contribution < 1.29 is 18.7 Å². The predicted molar refractivity (Wildman–Crippen MR) is 87.0 cm³/mol. The first-order valence-electron chi connectivity index (χ1n) is 6.44. The highest BCUT2D eigenvalue weighted by atomic mass is 79.9. The summed E-state index contributed by atoms with van der Waals surface area (Å²) in [6.45, 7) is 0. The van der Waals surface area contributed by atoms with Crippen molar-refractivity contribution >= 4 is 27.8 Å². The molecule has 0 saturated carbocycles. The highest BCUT2D eigenvalue weighted by Crippen LogP contribution is 2.33. The molecule has 0 spiro atoms. The summed E-state index contributed by atoms with van der Waals surface area (Å²) in [5, 5.41) is 0. The van der Waals surface area contributed by atoms with Gasteiger partial charge in [-0.05, 0) is 51.8 Å². The molecular formula is C17H14BrFO3. The van der Waals surface area contributed by atoms with Crippen molar-refractivity contribution in [2.45, 2.75) is 0 Å². The number of hydrogen-bond acceptors (Lipinski definition) is 3. The molecule has 114 valence electrons. The van der Waals surface area contributed by atoms with Crippen LogP contribution in [0.4, 0.5) is 4.39 Å². The molecule has 0 atom stereocenters. The fourth-order valence-corrected chi connectivity index (χ4v) is 2.40. The maximum Gasteiger partial charge on any atom is 0.187 e. The molecule has 0 N–H and O–H groups in total. The highest BCUT2D eigenvalue weighted by Gasteiger charge is 2.13. The molecule has 2 aromatic rings. The van der Waals surface area contributed by atoms with Crippen molar-refractivity contribution in [2.24, 2.45) is 0 Å². The Morgan fingerprint density at radius 3 is 2.27 bits per heavy atom. The first kappa shape index (κ1) is 16.2. The van der Waals surface area contributed by atoms with E-state index in [0.717, 1.165) is 5.56 Å². The van der Waals surface area contributed by atoms with Gasteiger partial charge >= 0.3 is 0 Å². The Balaban J connectivity index is 2.27. The Morgan fingerprint density at radius 1 is 1.09 bits per heavy atom. The molecule has 22 heavy (non-hydrogen) atoms. The van der Waals surface area contributed by atoms with Crippen LogP contribution in [0.5, 0.6) is 11.5 Å². The summed E-state index contributed by atoms with van der Waals surface area (Å²) in [7, 11) is 3.04. The van der Waals surface area contributed by atoms with Gasteiger partial charge < -0.3 is 9.47 Å². The van der Waals surface area contributed by atoms with Gasteiger partial charge in [0.25, 0.3) is 0 Å². The van der Waals surface area contributed by atoms with Gasteiger partial charge in [-0.1, -0.05) is 18.2 Å². The van der Waals surface area contributed by atoms with Crippen LogP contribution in [0.25, 0.3) is 6.08 Å². The fraction of sp³-hybridized carbons (Fsp3) is 0.118. The standard InChI is InChI=1S/C17H14BrFO3/c1-21-16-9-13(14(18)10-17(16)22-2)15(20)8-5-11-3-6-12(19)7-4-11/h3-10H,1-2H3/b8-5+. The molecule has 0 radical (unpaired) electrons. The molecule has 5 heteroatoms. The summed E-state index contributed by atoms with van der Waals surface area (Å²) in [6, 6.07) is 9.18. The largest absolute Gasteiger partial charge is 0.493 e. The maximum atomic E-state index is 12.8. The second-order valence-electron chi connectivity index (χ2n) is 4.44. The minimum Gasteiger partial charge on any atom is -0.493 e. The SMILES string of the molecule is COc1cc(Br)c(C(=O)/C=C/c2ccc(F)cc2)cc1OC. The molecule has 0 bridgehead atoms. The molecule has 0 unspecified atom stereocenters. The number of methoxy groups -OCH3 is 2. The van der Waals surface area contributed by atoms with E-state index in [0.29, 0.717) is 21.5 Å². The van der Waals surface area contributed by atoms with Gasteiger partial charge in [0.15, 0.2) is 17.3 Å². The topological polar surface area (TPSA) is 35.5 Å². The van der Waals surface area contributed by atoms with Gasteiger partial charge in [-0.25, -0.2) is 4.39 Å². The Hall–Kier alpha value is -2.14. The molecule has 0 amide bonds. The number of rotatable bonds is 5. The van der Waals surface area contributed by atoms with E-state index in [1.54, 1.807) is 30.3 Å². The van der Waals surface area contributed by atoms with Crippen molar-refractivity contribution in [2.75, 3.05) is 14.2 Å². The third-order valence-electron chi connectivity index (χ3n) is 3.04. The number of allylic oxidation sites excluding steroid dienone is 1. The molecule has 0 aromatic heterocycles. The van der Waals surface area contributed by atoms with Crippen molar-refractivity contribution in [3.05, 3.63) is 63.9 Å². The maximum absolute atomic E-state index is 12.8. The number of carbonyl (C=O) groups excluding carboxylic acids is 1. The highest BCUT2D eigenvalue weighted by molar-refractivity contribution is 9.10. The minimum absolute atomic E-state index is 0.197. The molecule has 2 rings (SSSR count). The van der Waals surface area contributed by atoms with Gasteiger partial charge in [0.05, 0.1) is 14.2 Å². The van der Waals surface area contributed by atoms with Crippen LogP contribution in [-0.4, -0.2) is 20.0 Å². The Labute approximate surface area is 136 Å². The Bertz CT molecular complexity index is 709. The monoisotopic (exact) mass is 364 g/mol. The number of halogens is 2. The van der Waals surface area contributed by atoms with Crippen LogP contribution < -0.4 is 9.47 Å². The van der Waals surface area contributed by atoms with Crippen LogP contribution in [0.3, 0.4) is 0 Å². The first-order chi connectivity index (χ1) is 10.5. The normalized spacial score (nSPS) is 10.7. The number of carbonyl (C=O) groups is 1. The lowest BCUT2D eigenvalue weighted by Crippen LogP contribution is -1.99. The van der Waals surface area contributed by atoms with E-state index in [-0.39, 0.29) is 11.6 Å². The third kappa shape index (κ3) is 3.74. The second kappa shape index (κ2) is 7.22. The zero-order chi connectivity index (χ0) is 16.1. The summed E-state index contributed by atoms with van der Waals surface area (Å²) >= 11 is 3.35. The third-order valence-corrected chi connectivity index (χ3v) is 3.69. The summed E-state index contributed by atoms with van der Waals surface area (Å²) in [4.78, 5) is 12.3. The molecule has 0 aliphatic rings. The zero-order valence-electron chi connectivity index (χ0n) is 12.1. The lowest BCUT2D eigenvalue weighted by Gasteiger charge is -2.10. The minimum atomic E-state index is -0.314. The van der Waals surface area contributed by atoms with Crippen molar-refractivity contribution in [3.8, 4) is 11.5 Å². The van der Waals surface area contributed by atoms with Gasteiger partial charge in [0.1, 0.15) is 5.82 Å². The van der Waals surface area contributed by atoms with E-state index in [2.05, 4.69) is 15.9 Å². The average molecular weight is 365 g/mol. The van der Waals surface area contributed by atoms with Crippen LogP contribution in [0.1, 0.15) is 15.9 Å². The molecule has 3 nitrogen and oxygen atoms in total. The van der Waals surface area contributed by atoms with Crippen molar-refractivity contribution in [1.29, 1.82) is 0 Å². The summed E-state index contributed by atoms with van der Waals surface area (Å²) in [5.74, 6) is 0.501. The zero-order valence-corrected chi connectivity index (χ0v) is 13.7. The van der Waals surface area contributed by atoms with Crippen LogP contribution in [-0.2, 0) is 0 Å². The molecule has 0 saturated heterocycles. The number of hydrogen-bond donors (Lipinski definition) is 0. The predicted octanol–water partition coefficient (Wildman–Crippen LogP) is 4.50. The van der Waals surface area contributed by atoms with Gasteiger partial charge in [0.2, 0.25) is 0 Å². The molecule has 2 aromatic carbocycles. The lowest BCUT2D eigenvalue weighted by molar-refractivity contribution is 0.104. The van der Waals surface area contributed by atoms with Gasteiger partial charge in [-0.3, -0.25) is 4.79 Å². The van der Waals surface area contributed by atoms with Crippen molar-refractivity contribution in [3.63, 3.8) is 0 Å². The van der Waals surface area contributed by atoms with E-state index in [1.165, 1.54) is 32.4 Å².